The molecule has 1 aliphatic heterocycles. The van der Waals surface area contributed by atoms with Crippen molar-refractivity contribution < 1.29 is 19.4 Å². The van der Waals surface area contributed by atoms with Crippen molar-refractivity contribution in [1.29, 1.82) is 0 Å². The molecule has 2 atom stereocenters. The molecule has 1 saturated heterocycles. The fourth-order valence-corrected chi connectivity index (χ4v) is 2.83. The summed E-state index contributed by atoms with van der Waals surface area (Å²) in [6, 6.07) is 0.0860. The van der Waals surface area contributed by atoms with E-state index in [4.69, 9.17) is 9.84 Å². The number of amides is 1. The van der Waals surface area contributed by atoms with Crippen molar-refractivity contribution in [2.45, 2.75) is 37.8 Å². The Kier molecular flexibility index (Phi) is 4.76. The zero-order valence-corrected chi connectivity index (χ0v) is 11.3. The minimum absolute atomic E-state index is 0.0614. The van der Waals surface area contributed by atoms with Crippen molar-refractivity contribution in [3.63, 3.8) is 0 Å². The van der Waals surface area contributed by atoms with Gasteiger partial charge in [0, 0.05) is 13.1 Å². The standard InChI is InChI=1S/C13H22N2O4/c1-15(11-8-19-7-10(11)13(17)18)12(16)6-14-9-4-2-3-5-9/h9-11,14H,2-8H2,1H3,(H,17,18). The first kappa shape index (κ1) is 14.3. The van der Waals surface area contributed by atoms with Gasteiger partial charge in [0.2, 0.25) is 5.91 Å². The van der Waals surface area contributed by atoms with E-state index in [0.29, 0.717) is 12.6 Å². The molecule has 0 aromatic heterocycles. The average Bonchev–Trinajstić information content (AvgIpc) is 3.05. The van der Waals surface area contributed by atoms with Crippen LogP contribution in [-0.4, -0.2) is 60.8 Å². The predicted molar refractivity (Wildman–Crippen MR) is 68.8 cm³/mol. The van der Waals surface area contributed by atoms with Crippen LogP contribution in [0.4, 0.5) is 0 Å². The molecule has 2 unspecified atom stereocenters. The van der Waals surface area contributed by atoms with Gasteiger partial charge in [-0.3, -0.25) is 9.59 Å². The molecule has 0 bridgehead atoms. The summed E-state index contributed by atoms with van der Waals surface area (Å²) in [5, 5.41) is 12.3. The number of carboxylic acids is 1. The Morgan fingerprint density at radius 1 is 1.32 bits per heavy atom. The molecule has 0 aromatic carbocycles. The molecule has 2 fully saturated rings. The molecule has 6 heteroatoms. The Balaban J connectivity index is 1.82. The maximum atomic E-state index is 12.1. The van der Waals surface area contributed by atoms with Crippen molar-refractivity contribution in [3.05, 3.63) is 0 Å². The van der Waals surface area contributed by atoms with Gasteiger partial charge < -0.3 is 20.1 Å². The summed E-state index contributed by atoms with van der Waals surface area (Å²) >= 11 is 0. The zero-order valence-electron chi connectivity index (χ0n) is 11.3. The summed E-state index contributed by atoms with van der Waals surface area (Å²) in [5.74, 6) is -1.57. The smallest absolute Gasteiger partial charge is 0.311 e. The highest BCUT2D eigenvalue weighted by atomic mass is 16.5. The molecule has 2 aliphatic rings. The van der Waals surface area contributed by atoms with Gasteiger partial charge in [-0.25, -0.2) is 0 Å². The largest absolute Gasteiger partial charge is 0.481 e. The topological polar surface area (TPSA) is 78.9 Å². The van der Waals surface area contributed by atoms with Crippen molar-refractivity contribution >= 4 is 11.9 Å². The van der Waals surface area contributed by atoms with Gasteiger partial charge in [0.05, 0.1) is 25.8 Å². The van der Waals surface area contributed by atoms with Crippen LogP contribution in [0.1, 0.15) is 25.7 Å². The van der Waals surface area contributed by atoms with Crippen LogP contribution >= 0.6 is 0 Å². The molecule has 2 N–H and O–H groups in total. The molecule has 0 radical (unpaired) electrons. The van der Waals surface area contributed by atoms with E-state index in [-0.39, 0.29) is 25.1 Å². The molecule has 1 amide bonds. The van der Waals surface area contributed by atoms with Gasteiger partial charge >= 0.3 is 5.97 Å². The van der Waals surface area contributed by atoms with Gasteiger partial charge in [-0.05, 0) is 12.8 Å². The van der Waals surface area contributed by atoms with E-state index in [9.17, 15) is 9.59 Å². The summed E-state index contributed by atoms with van der Waals surface area (Å²) in [6.45, 7) is 0.778. The Bertz CT molecular complexity index is 342. The van der Waals surface area contributed by atoms with Crippen molar-refractivity contribution in [2.24, 2.45) is 5.92 Å². The maximum absolute atomic E-state index is 12.1. The second-order valence-corrected chi connectivity index (χ2v) is 5.42. The minimum atomic E-state index is -0.897. The number of rotatable bonds is 5. The van der Waals surface area contributed by atoms with E-state index >= 15 is 0 Å². The van der Waals surface area contributed by atoms with Gasteiger partial charge in [-0.1, -0.05) is 12.8 Å². The quantitative estimate of drug-likeness (QED) is 0.739. The Morgan fingerprint density at radius 2 is 2.00 bits per heavy atom. The van der Waals surface area contributed by atoms with Crippen LogP contribution in [0.25, 0.3) is 0 Å². The lowest BCUT2D eigenvalue weighted by molar-refractivity contribution is -0.144. The number of hydrogen-bond donors (Lipinski definition) is 2. The van der Waals surface area contributed by atoms with Gasteiger partial charge in [0.15, 0.2) is 0 Å². The molecular weight excluding hydrogens is 248 g/mol. The van der Waals surface area contributed by atoms with Crippen LogP contribution in [0.3, 0.4) is 0 Å². The molecule has 0 spiro atoms. The van der Waals surface area contributed by atoms with Crippen LogP contribution in [0, 0.1) is 5.92 Å². The second kappa shape index (κ2) is 6.34. The van der Waals surface area contributed by atoms with Crippen molar-refractivity contribution in [1.82, 2.24) is 10.2 Å². The SMILES string of the molecule is CN(C(=O)CNC1CCCC1)C1COCC1C(=O)O. The number of likely N-dealkylation sites (N-methyl/N-ethyl adjacent to an activating group) is 1. The fourth-order valence-electron chi connectivity index (χ4n) is 2.83. The van der Waals surface area contributed by atoms with E-state index in [2.05, 4.69) is 5.32 Å². The fraction of sp³-hybridized carbons (Fsp3) is 0.846. The lowest BCUT2D eigenvalue weighted by Crippen LogP contribution is -2.48. The number of hydrogen-bond acceptors (Lipinski definition) is 4. The highest BCUT2D eigenvalue weighted by Gasteiger charge is 2.38. The summed E-state index contributed by atoms with van der Waals surface area (Å²) in [5.41, 5.74) is 0. The second-order valence-electron chi connectivity index (χ2n) is 5.42. The first-order valence-electron chi connectivity index (χ1n) is 6.89. The number of carbonyl (C=O) groups is 2. The zero-order chi connectivity index (χ0) is 13.8. The maximum Gasteiger partial charge on any atom is 0.311 e. The molecule has 6 nitrogen and oxygen atoms in total. The van der Waals surface area contributed by atoms with Gasteiger partial charge in [-0.15, -0.1) is 0 Å². The molecule has 0 aromatic rings. The highest BCUT2D eigenvalue weighted by molar-refractivity contribution is 5.80. The number of nitrogens with one attached hydrogen (secondary N) is 1. The molecule has 108 valence electrons. The summed E-state index contributed by atoms with van der Waals surface area (Å²) in [6.07, 6.45) is 4.70. The third-order valence-corrected chi connectivity index (χ3v) is 4.16. The van der Waals surface area contributed by atoms with Crippen LogP contribution in [0.5, 0.6) is 0 Å². The van der Waals surface area contributed by atoms with Gasteiger partial charge in [0.25, 0.3) is 0 Å². The van der Waals surface area contributed by atoms with Crippen LogP contribution < -0.4 is 5.32 Å². The first-order valence-corrected chi connectivity index (χ1v) is 6.89. The normalized spacial score (nSPS) is 27.6. The average molecular weight is 270 g/mol. The number of aliphatic carboxylic acids is 1. The number of ether oxygens (including phenoxy) is 1. The monoisotopic (exact) mass is 270 g/mol. The lowest BCUT2D eigenvalue weighted by atomic mass is 10.0. The number of carboxylic acid groups (broad SMARTS) is 1. The van der Waals surface area contributed by atoms with Crippen molar-refractivity contribution in [3.8, 4) is 0 Å². The Labute approximate surface area is 113 Å². The first-order chi connectivity index (χ1) is 9.09. The Morgan fingerprint density at radius 3 is 2.63 bits per heavy atom. The summed E-state index contributed by atoms with van der Waals surface area (Å²) < 4.78 is 5.19. The third kappa shape index (κ3) is 3.45. The molecule has 1 heterocycles. The van der Waals surface area contributed by atoms with Crippen LogP contribution in [-0.2, 0) is 14.3 Å². The highest BCUT2D eigenvalue weighted by Crippen LogP contribution is 2.20. The minimum Gasteiger partial charge on any atom is -0.481 e. The molecule has 1 aliphatic carbocycles. The summed E-state index contributed by atoms with van der Waals surface area (Å²) in [4.78, 5) is 24.7. The number of carbonyl (C=O) groups excluding carboxylic acids is 1. The van der Waals surface area contributed by atoms with Gasteiger partial charge in [0.1, 0.15) is 5.92 Å². The van der Waals surface area contributed by atoms with E-state index in [1.807, 2.05) is 0 Å². The number of nitrogens with zero attached hydrogens (tertiary/aromatic N) is 1. The van der Waals surface area contributed by atoms with Crippen molar-refractivity contribution in [2.75, 3.05) is 26.8 Å². The van der Waals surface area contributed by atoms with E-state index in [1.165, 1.54) is 17.7 Å². The molecule has 2 rings (SSSR count). The Hall–Kier alpha value is -1.14. The van der Waals surface area contributed by atoms with E-state index < -0.39 is 11.9 Å². The van der Waals surface area contributed by atoms with Gasteiger partial charge in [-0.2, -0.15) is 0 Å². The summed E-state index contributed by atoms with van der Waals surface area (Å²) in [7, 11) is 1.66. The molecular formula is C13H22N2O4. The lowest BCUT2D eigenvalue weighted by Gasteiger charge is -2.27. The van der Waals surface area contributed by atoms with E-state index in [1.54, 1.807) is 7.05 Å². The van der Waals surface area contributed by atoms with Crippen LogP contribution in [0.2, 0.25) is 0 Å². The predicted octanol–water partition coefficient (Wildman–Crippen LogP) is 0.0766. The molecule has 19 heavy (non-hydrogen) atoms. The van der Waals surface area contributed by atoms with Crippen LogP contribution in [0.15, 0.2) is 0 Å². The van der Waals surface area contributed by atoms with E-state index in [0.717, 1.165) is 12.8 Å². The molecule has 1 saturated carbocycles. The third-order valence-electron chi connectivity index (χ3n) is 4.16.